The Balaban J connectivity index is 1.93. The number of phosphoric acid groups is 1. The first-order valence-electron chi connectivity index (χ1n) is 13.9. The van der Waals surface area contributed by atoms with Crippen molar-refractivity contribution in [3.8, 4) is 0 Å². The lowest BCUT2D eigenvalue weighted by Gasteiger charge is -2.26. The number of rotatable bonds is 16. The number of likely N-dealkylation sites (tertiary alicyclic amines) is 2. The lowest BCUT2D eigenvalue weighted by atomic mass is 10.1. The topological polar surface area (TPSA) is 126 Å². The molecule has 0 aliphatic carbocycles. The van der Waals surface area contributed by atoms with Crippen LogP contribution >= 0.6 is 19.6 Å². The normalized spacial score (nSPS) is 25.7. The van der Waals surface area contributed by atoms with E-state index in [2.05, 4.69) is 13.8 Å². The molecule has 2 aliphatic heterocycles. The minimum atomic E-state index is -4.46. The highest BCUT2D eigenvalue weighted by molar-refractivity contribution is 7.99. The van der Waals surface area contributed by atoms with Gasteiger partial charge < -0.3 is 24.5 Å². The van der Waals surface area contributed by atoms with Gasteiger partial charge in [-0.05, 0) is 56.5 Å². The number of hydrogen-bond donors (Lipinski definition) is 2. The van der Waals surface area contributed by atoms with Crippen molar-refractivity contribution in [2.24, 2.45) is 5.92 Å². The minimum absolute atomic E-state index is 0.00501. The zero-order chi connectivity index (χ0) is 28.5. The second-order valence-electron chi connectivity index (χ2n) is 11.4. The van der Waals surface area contributed by atoms with Gasteiger partial charge in [0.25, 0.3) is 0 Å². The first-order valence-corrected chi connectivity index (χ1v) is 16.5. The Morgan fingerprint density at radius 2 is 1.61 bits per heavy atom. The molecule has 0 aromatic heterocycles. The second-order valence-corrected chi connectivity index (χ2v) is 14.4. The van der Waals surface area contributed by atoms with Crippen LogP contribution in [0.2, 0.25) is 0 Å². The molecule has 0 radical (unpaired) electrons. The van der Waals surface area contributed by atoms with Gasteiger partial charge in [-0.3, -0.25) is 18.6 Å². The molecule has 0 aromatic carbocycles. The average molecular weight is 581 g/mol. The second kappa shape index (κ2) is 15.9. The summed E-state index contributed by atoms with van der Waals surface area (Å²) in [5, 5.41) is 10.6. The number of β-amino-alcohol motifs (C(OH)–C–C–N with tert-alkyl or cyclic N) is 1. The Bertz CT molecular complexity index is 799. The van der Waals surface area contributed by atoms with Crippen LogP contribution in [0.15, 0.2) is 0 Å². The van der Waals surface area contributed by atoms with E-state index >= 15 is 0 Å². The van der Waals surface area contributed by atoms with Gasteiger partial charge in [0.15, 0.2) is 0 Å². The van der Waals surface area contributed by atoms with Crippen molar-refractivity contribution in [1.29, 1.82) is 0 Å². The van der Waals surface area contributed by atoms with Crippen molar-refractivity contribution in [2.75, 3.05) is 32.1 Å². The standard InChI is InChI=1S/C26H49N2O8PS/c1-18(2)9-10-26(31)27-14-23(29)12-21(27)17-35-37(32,33)36-24-13-22(16-34-19(3)4)28(15-24)25(30)8-7-11-38-20(5)6/h18-24,29H,7-17H2,1-6H3,(H,32,33)/t21-,22-,23+,24?/m0/s1. The molecule has 5 atom stereocenters. The van der Waals surface area contributed by atoms with Crippen LogP contribution < -0.4 is 0 Å². The molecule has 2 heterocycles. The van der Waals surface area contributed by atoms with E-state index in [1.165, 1.54) is 0 Å². The van der Waals surface area contributed by atoms with E-state index < -0.39 is 26.1 Å². The molecule has 2 fully saturated rings. The lowest BCUT2D eigenvalue weighted by molar-refractivity contribution is -0.134. The van der Waals surface area contributed by atoms with Crippen molar-refractivity contribution in [1.82, 2.24) is 9.80 Å². The van der Waals surface area contributed by atoms with Crippen molar-refractivity contribution in [2.45, 2.75) is 116 Å². The number of nitrogens with zero attached hydrogens (tertiary/aromatic N) is 2. The van der Waals surface area contributed by atoms with Crippen LogP contribution in [0.1, 0.15) is 80.1 Å². The number of phosphoric ester groups is 1. The average Bonchev–Trinajstić information content (AvgIpc) is 3.39. The lowest BCUT2D eigenvalue weighted by Crippen LogP contribution is -2.39. The van der Waals surface area contributed by atoms with Crippen LogP contribution in [0.4, 0.5) is 0 Å². The molecule has 2 amide bonds. The molecule has 2 N–H and O–H groups in total. The fourth-order valence-electron chi connectivity index (χ4n) is 4.71. The summed E-state index contributed by atoms with van der Waals surface area (Å²) in [6.07, 6.45) is 1.54. The molecular weight excluding hydrogens is 531 g/mol. The number of carbonyl (C=O) groups excluding carboxylic acids is 2. The van der Waals surface area contributed by atoms with Crippen LogP contribution in [0.3, 0.4) is 0 Å². The predicted molar refractivity (Wildman–Crippen MR) is 149 cm³/mol. The van der Waals surface area contributed by atoms with Gasteiger partial charge in [0.2, 0.25) is 11.8 Å². The van der Waals surface area contributed by atoms with Crippen molar-refractivity contribution >= 4 is 31.4 Å². The van der Waals surface area contributed by atoms with Crippen LogP contribution in [-0.2, 0) is 27.9 Å². The fraction of sp³-hybridized carbons (Fsp3) is 0.923. The van der Waals surface area contributed by atoms with Gasteiger partial charge in [-0.1, -0.05) is 27.7 Å². The number of thioether (sulfide) groups is 1. The molecule has 0 aromatic rings. The van der Waals surface area contributed by atoms with Crippen molar-refractivity contribution in [3.05, 3.63) is 0 Å². The highest BCUT2D eigenvalue weighted by Gasteiger charge is 2.41. The molecule has 222 valence electrons. The quantitative estimate of drug-likeness (QED) is 0.207. The largest absolute Gasteiger partial charge is 0.472 e. The van der Waals surface area contributed by atoms with E-state index in [-0.39, 0.29) is 50.1 Å². The van der Waals surface area contributed by atoms with Crippen LogP contribution in [0.5, 0.6) is 0 Å². The monoisotopic (exact) mass is 580 g/mol. The third-order valence-electron chi connectivity index (χ3n) is 6.67. The van der Waals surface area contributed by atoms with E-state index in [4.69, 9.17) is 13.8 Å². The highest BCUT2D eigenvalue weighted by atomic mass is 32.2. The van der Waals surface area contributed by atoms with E-state index in [0.717, 1.165) is 18.6 Å². The third kappa shape index (κ3) is 11.8. The summed E-state index contributed by atoms with van der Waals surface area (Å²) in [6, 6.07) is -0.738. The number of carbonyl (C=O) groups is 2. The Hall–Kier alpha value is -0.680. The summed E-state index contributed by atoms with van der Waals surface area (Å²) >= 11 is 1.81. The molecule has 2 unspecified atom stereocenters. The van der Waals surface area contributed by atoms with Gasteiger partial charge in [-0.2, -0.15) is 11.8 Å². The molecule has 0 bridgehead atoms. The molecule has 10 nitrogen and oxygen atoms in total. The van der Waals surface area contributed by atoms with Gasteiger partial charge >= 0.3 is 7.82 Å². The summed E-state index contributed by atoms with van der Waals surface area (Å²) in [5.41, 5.74) is 0. The summed E-state index contributed by atoms with van der Waals surface area (Å²) < 4.78 is 29.4. The van der Waals surface area contributed by atoms with Crippen LogP contribution in [0.25, 0.3) is 0 Å². The predicted octanol–water partition coefficient (Wildman–Crippen LogP) is 3.83. The van der Waals surface area contributed by atoms with E-state index in [1.807, 2.05) is 39.5 Å². The zero-order valence-corrected chi connectivity index (χ0v) is 25.6. The molecule has 2 rings (SSSR count). The summed E-state index contributed by atoms with van der Waals surface area (Å²) in [6.45, 7) is 12.7. The minimum Gasteiger partial charge on any atom is -0.391 e. The number of hydrogen-bond acceptors (Lipinski definition) is 8. The van der Waals surface area contributed by atoms with Crippen LogP contribution in [-0.4, -0.2) is 99.3 Å². The molecule has 0 spiro atoms. The van der Waals surface area contributed by atoms with Gasteiger partial charge in [-0.25, -0.2) is 4.57 Å². The molecule has 2 saturated heterocycles. The molecule has 0 saturated carbocycles. The van der Waals surface area contributed by atoms with E-state index in [0.29, 0.717) is 37.0 Å². The molecular formula is C26H49N2O8PS. The van der Waals surface area contributed by atoms with E-state index in [1.54, 1.807) is 9.80 Å². The van der Waals surface area contributed by atoms with Crippen molar-refractivity contribution < 1.29 is 37.9 Å². The highest BCUT2D eigenvalue weighted by Crippen LogP contribution is 2.47. The van der Waals surface area contributed by atoms with Gasteiger partial charge in [0, 0.05) is 25.9 Å². The summed E-state index contributed by atoms with van der Waals surface area (Å²) in [7, 11) is -4.46. The third-order valence-corrected chi connectivity index (χ3v) is 8.90. The molecule has 2 aliphatic rings. The number of amides is 2. The maximum atomic E-state index is 13.0. The summed E-state index contributed by atoms with van der Waals surface area (Å²) in [5.74, 6) is 1.17. The zero-order valence-electron chi connectivity index (χ0n) is 23.9. The Kier molecular flexibility index (Phi) is 14.1. The SMILES string of the molecule is CC(C)CCC(=O)N1C[C@H](O)C[C@H]1COP(=O)(O)OC1C[C@@H](COC(C)C)N(C(=O)CCCSC(C)C)C1. The number of aliphatic hydroxyl groups excluding tert-OH is 1. The van der Waals surface area contributed by atoms with E-state index in [9.17, 15) is 24.2 Å². The molecule has 38 heavy (non-hydrogen) atoms. The number of aliphatic hydroxyl groups is 1. The fourth-order valence-corrected chi connectivity index (χ4v) is 6.45. The Morgan fingerprint density at radius 1 is 0.974 bits per heavy atom. The van der Waals surface area contributed by atoms with Gasteiger partial charge in [0.1, 0.15) is 0 Å². The van der Waals surface area contributed by atoms with Gasteiger partial charge in [-0.15, -0.1) is 0 Å². The maximum absolute atomic E-state index is 13.0. The molecule has 12 heteroatoms. The number of ether oxygens (including phenoxy) is 1. The Morgan fingerprint density at radius 3 is 2.24 bits per heavy atom. The smallest absolute Gasteiger partial charge is 0.391 e. The Labute approximate surface area is 232 Å². The van der Waals surface area contributed by atoms with Crippen molar-refractivity contribution in [3.63, 3.8) is 0 Å². The van der Waals surface area contributed by atoms with Gasteiger partial charge in [0.05, 0.1) is 43.6 Å². The first-order chi connectivity index (χ1) is 17.8. The van der Waals surface area contributed by atoms with Crippen LogP contribution in [0, 0.1) is 5.92 Å². The summed E-state index contributed by atoms with van der Waals surface area (Å²) in [4.78, 5) is 39.3. The first kappa shape index (κ1) is 33.5. The maximum Gasteiger partial charge on any atom is 0.472 e.